The molecular weight excluding hydrogens is 160 g/mol. The van der Waals surface area contributed by atoms with Gasteiger partial charge >= 0.3 is 0 Å². The van der Waals surface area contributed by atoms with E-state index in [1.54, 1.807) is 0 Å². The third kappa shape index (κ3) is 43.7. The molecule has 0 unspecified atom stereocenters. The van der Waals surface area contributed by atoms with E-state index in [2.05, 4.69) is 4.89 Å². The maximum atomic E-state index is 8.67. The molecule has 0 bridgehead atoms. The molecule has 0 saturated carbocycles. The van der Waals surface area contributed by atoms with Gasteiger partial charge in [-0.05, 0) is 6.42 Å². The molecule has 6 heteroatoms. The maximum absolute atomic E-state index is 8.67. The van der Waals surface area contributed by atoms with Gasteiger partial charge in [-0.3, -0.25) is 14.4 Å². The molecule has 10 heavy (non-hydrogen) atoms. The van der Waals surface area contributed by atoms with Gasteiger partial charge in [-0.25, -0.2) is 4.89 Å². The van der Waals surface area contributed by atoms with Crippen LogP contribution in [0.4, 0.5) is 0 Å². The summed E-state index contributed by atoms with van der Waals surface area (Å²) >= 11 is -2.61. The molecule has 0 aromatic carbocycles. The van der Waals surface area contributed by atoms with Gasteiger partial charge in [0, 0.05) is 0 Å². The summed E-state index contributed by atoms with van der Waals surface area (Å²) in [6.45, 7) is 2.51. The Morgan fingerprint density at radius 2 is 1.90 bits per heavy atom. The van der Waals surface area contributed by atoms with Crippen LogP contribution in [0.3, 0.4) is 0 Å². The summed E-state index contributed by atoms with van der Waals surface area (Å²) in [5.41, 5.74) is 0. The Bertz CT molecular complexity index is 68.0. The molecule has 0 heterocycles. The second kappa shape index (κ2) is 11.7. The zero-order valence-corrected chi connectivity index (χ0v) is 6.50. The van der Waals surface area contributed by atoms with Crippen LogP contribution in [0.15, 0.2) is 0 Å². The minimum absolute atomic E-state index is 0.469. The van der Waals surface area contributed by atoms with E-state index in [4.69, 9.17) is 18.6 Å². The van der Waals surface area contributed by atoms with Crippen molar-refractivity contribution in [2.45, 2.75) is 19.8 Å². The zero-order chi connectivity index (χ0) is 8.41. The van der Waals surface area contributed by atoms with Crippen LogP contribution >= 0.6 is 0 Å². The summed E-state index contributed by atoms with van der Waals surface area (Å²) in [6.07, 6.45) is 2.01. The van der Waals surface area contributed by atoms with E-state index in [0.29, 0.717) is 6.61 Å². The van der Waals surface area contributed by atoms with Crippen molar-refractivity contribution in [2.24, 2.45) is 0 Å². The number of unbranched alkanes of at least 4 members (excludes halogenated alkanes) is 1. The second-order valence-corrected chi connectivity index (χ2v) is 1.88. The predicted octanol–water partition coefficient (Wildman–Crippen LogP) is 0.957. The van der Waals surface area contributed by atoms with Crippen LogP contribution in [-0.4, -0.2) is 25.2 Å². The number of hydrogen-bond donors (Lipinski definition) is 3. The predicted molar refractivity (Wildman–Crippen MR) is 36.9 cm³/mol. The molecule has 0 aliphatic carbocycles. The Labute approximate surface area is 62.1 Å². The molecule has 3 N–H and O–H groups in total. The summed E-state index contributed by atoms with van der Waals surface area (Å²) in [5, 5.41) is 7.70. The smallest absolute Gasteiger partial charge is 0.284 e. The quantitative estimate of drug-likeness (QED) is 0.255. The maximum Gasteiger partial charge on any atom is 0.299 e. The van der Waals surface area contributed by atoms with Gasteiger partial charge in [-0.1, -0.05) is 13.3 Å². The van der Waals surface area contributed by atoms with Crippen LogP contribution in [0.2, 0.25) is 0 Å². The van der Waals surface area contributed by atoms with E-state index in [0.717, 1.165) is 12.8 Å². The first kappa shape index (κ1) is 12.6. The minimum Gasteiger partial charge on any atom is -0.284 e. The lowest BCUT2D eigenvalue weighted by atomic mass is 10.4. The molecular formula is C4H12O5S. The van der Waals surface area contributed by atoms with Gasteiger partial charge in [-0.15, -0.1) is 0 Å². The SMILES string of the molecule is CCCCOO.O=S(O)O. The monoisotopic (exact) mass is 172 g/mol. The van der Waals surface area contributed by atoms with Gasteiger partial charge in [0.15, 0.2) is 0 Å². The van der Waals surface area contributed by atoms with Gasteiger partial charge in [0.2, 0.25) is 0 Å². The third-order valence-corrected chi connectivity index (χ3v) is 0.589. The molecule has 0 saturated heterocycles. The molecule has 0 aliphatic rings. The lowest BCUT2D eigenvalue weighted by molar-refractivity contribution is -0.242. The van der Waals surface area contributed by atoms with E-state index in [9.17, 15) is 0 Å². The van der Waals surface area contributed by atoms with Crippen LogP contribution in [0.5, 0.6) is 0 Å². The van der Waals surface area contributed by atoms with Gasteiger partial charge < -0.3 is 0 Å². The van der Waals surface area contributed by atoms with Crippen molar-refractivity contribution in [3.8, 4) is 0 Å². The fourth-order valence-corrected chi connectivity index (χ4v) is 0.209. The van der Waals surface area contributed by atoms with E-state index in [1.165, 1.54) is 0 Å². The van der Waals surface area contributed by atoms with Crippen LogP contribution in [0.25, 0.3) is 0 Å². The summed E-state index contributed by atoms with van der Waals surface area (Å²) in [4.78, 5) is 3.78. The molecule has 0 atom stereocenters. The Hall–Kier alpha value is -0.0100. The Kier molecular flexibility index (Phi) is 14.9. The van der Waals surface area contributed by atoms with Gasteiger partial charge in [0.1, 0.15) is 0 Å². The highest BCUT2D eigenvalue weighted by Crippen LogP contribution is 1.83. The Balaban J connectivity index is 0. The van der Waals surface area contributed by atoms with Gasteiger partial charge in [0.25, 0.3) is 11.4 Å². The summed E-state index contributed by atoms with van der Waals surface area (Å²) in [5.74, 6) is 0. The average molecular weight is 172 g/mol. The Morgan fingerprint density at radius 1 is 1.50 bits per heavy atom. The number of rotatable bonds is 3. The number of hydrogen-bond acceptors (Lipinski definition) is 3. The van der Waals surface area contributed by atoms with Crippen molar-refractivity contribution >= 4 is 11.4 Å². The molecule has 0 aromatic rings. The van der Waals surface area contributed by atoms with E-state index >= 15 is 0 Å². The molecule has 0 amide bonds. The minimum atomic E-state index is -2.61. The topological polar surface area (TPSA) is 87.0 Å². The molecule has 0 radical (unpaired) electrons. The standard InChI is InChI=1S/C4H10O2.H2O3S/c1-2-3-4-6-5;1-4(2)3/h5H,2-4H2,1H3;(H2,1,2,3). The van der Waals surface area contributed by atoms with Crippen molar-refractivity contribution in [2.75, 3.05) is 6.61 Å². The van der Waals surface area contributed by atoms with Gasteiger partial charge in [0.05, 0.1) is 6.61 Å². The van der Waals surface area contributed by atoms with E-state index < -0.39 is 11.4 Å². The first-order chi connectivity index (χ1) is 4.65. The van der Waals surface area contributed by atoms with Crippen molar-refractivity contribution < 1.29 is 23.5 Å². The largest absolute Gasteiger partial charge is 0.299 e. The lowest BCUT2D eigenvalue weighted by Crippen LogP contribution is -1.84. The second-order valence-electron chi connectivity index (χ2n) is 1.42. The first-order valence-electron chi connectivity index (χ1n) is 2.71. The van der Waals surface area contributed by atoms with Crippen LogP contribution in [0.1, 0.15) is 19.8 Å². The van der Waals surface area contributed by atoms with Crippen molar-refractivity contribution in [3.05, 3.63) is 0 Å². The first-order valence-corrected chi connectivity index (χ1v) is 3.77. The summed E-state index contributed by atoms with van der Waals surface area (Å²) in [6, 6.07) is 0. The van der Waals surface area contributed by atoms with E-state index in [1.807, 2.05) is 6.92 Å². The normalized spacial score (nSPS) is 8.90. The van der Waals surface area contributed by atoms with E-state index in [-0.39, 0.29) is 0 Å². The van der Waals surface area contributed by atoms with Crippen molar-refractivity contribution in [1.82, 2.24) is 0 Å². The molecule has 0 spiro atoms. The molecule has 64 valence electrons. The third-order valence-electron chi connectivity index (χ3n) is 0.589. The zero-order valence-electron chi connectivity index (χ0n) is 5.69. The summed E-state index contributed by atoms with van der Waals surface area (Å²) in [7, 11) is 0. The molecule has 0 aliphatic heterocycles. The van der Waals surface area contributed by atoms with Crippen molar-refractivity contribution in [1.29, 1.82) is 0 Å². The highest BCUT2D eigenvalue weighted by atomic mass is 32.2. The summed E-state index contributed by atoms with van der Waals surface area (Å²) < 4.78 is 22.8. The van der Waals surface area contributed by atoms with Crippen LogP contribution < -0.4 is 0 Å². The molecule has 0 aromatic heterocycles. The molecule has 0 fully saturated rings. The van der Waals surface area contributed by atoms with Crippen molar-refractivity contribution in [3.63, 3.8) is 0 Å². The Morgan fingerprint density at radius 3 is 2.00 bits per heavy atom. The molecule has 0 rings (SSSR count). The fourth-order valence-electron chi connectivity index (χ4n) is 0.209. The molecule has 5 nitrogen and oxygen atoms in total. The van der Waals surface area contributed by atoms with Crippen LogP contribution in [-0.2, 0) is 16.2 Å². The fraction of sp³-hybridized carbons (Fsp3) is 1.00. The highest BCUT2D eigenvalue weighted by Gasteiger charge is 1.76. The average Bonchev–Trinajstić information content (AvgIpc) is 1.82. The van der Waals surface area contributed by atoms with Gasteiger partial charge in [-0.2, -0.15) is 4.21 Å². The highest BCUT2D eigenvalue weighted by molar-refractivity contribution is 7.73. The van der Waals surface area contributed by atoms with Crippen LogP contribution in [0, 0.1) is 0 Å². The lowest BCUT2D eigenvalue weighted by Gasteiger charge is -1.87.